The van der Waals surface area contributed by atoms with E-state index in [0.29, 0.717) is 5.56 Å². The highest BCUT2D eigenvalue weighted by Gasteiger charge is 2.30. The summed E-state index contributed by atoms with van der Waals surface area (Å²) in [4.78, 5) is 0. The Kier molecular flexibility index (Phi) is 2.09. The van der Waals surface area contributed by atoms with E-state index in [1.165, 1.54) is 6.07 Å². The highest BCUT2D eigenvalue weighted by Crippen LogP contribution is 2.28. The normalized spacial score (nSPS) is 10.8. The number of rotatable bonds is 0. The highest BCUT2D eigenvalue weighted by molar-refractivity contribution is 5.34. The van der Waals surface area contributed by atoms with Crippen molar-refractivity contribution in [1.82, 2.24) is 0 Å². The monoisotopic (exact) mass is 169 g/mol. The minimum Gasteiger partial charge on any atom is -0.166 e. The van der Waals surface area contributed by atoms with Gasteiger partial charge in [0.05, 0.1) is 5.56 Å². The van der Waals surface area contributed by atoms with Crippen molar-refractivity contribution in [1.29, 1.82) is 0 Å². The van der Waals surface area contributed by atoms with Crippen LogP contribution in [0.5, 0.6) is 0 Å². The van der Waals surface area contributed by atoms with Crippen LogP contribution in [0.1, 0.15) is 11.1 Å². The molecule has 0 bridgehead atoms. The SMILES string of the molecule is C#Cc1c[c]c(C(F)(F)F)cc1. The molecule has 0 unspecified atom stereocenters. The van der Waals surface area contributed by atoms with Crippen LogP contribution in [-0.4, -0.2) is 0 Å². The fraction of sp³-hybridized carbons (Fsp3) is 0.111. The third-order valence-corrected chi connectivity index (χ3v) is 1.28. The molecule has 1 radical (unpaired) electrons. The maximum absolute atomic E-state index is 11.9. The average molecular weight is 169 g/mol. The van der Waals surface area contributed by atoms with Crippen molar-refractivity contribution < 1.29 is 13.2 Å². The van der Waals surface area contributed by atoms with Crippen LogP contribution in [0.2, 0.25) is 0 Å². The lowest BCUT2D eigenvalue weighted by Gasteiger charge is -2.04. The van der Waals surface area contributed by atoms with Crippen molar-refractivity contribution in [3.63, 3.8) is 0 Å². The Morgan fingerprint density at radius 2 is 2.00 bits per heavy atom. The summed E-state index contributed by atoms with van der Waals surface area (Å²) in [5, 5.41) is 0. The van der Waals surface area contributed by atoms with Gasteiger partial charge in [-0.05, 0) is 24.3 Å². The van der Waals surface area contributed by atoms with E-state index in [0.717, 1.165) is 12.1 Å². The maximum Gasteiger partial charge on any atom is 0.417 e. The van der Waals surface area contributed by atoms with Gasteiger partial charge in [-0.25, -0.2) is 0 Å². The van der Waals surface area contributed by atoms with E-state index in [9.17, 15) is 13.2 Å². The molecule has 0 saturated heterocycles. The molecule has 1 aromatic carbocycles. The Balaban J connectivity index is 3.02. The molecule has 0 atom stereocenters. The first-order chi connectivity index (χ1) is 5.54. The van der Waals surface area contributed by atoms with E-state index in [2.05, 4.69) is 12.0 Å². The summed E-state index contributed by atoms with van der Waals surface area (Å²) in [5.41, 5.74) is -0.412. The third kappa shape index (κ3) is 1.79. The standard InChI is InChI=1S/C9H4F3/c1-2-7-3-5-8(6-4-7)9(10,11)12/h1,3-5H. The fourth-order valence-corrected chi connectivity index (χ4v) is 0.691. The average Bonchev–Trinajstić information content (AvgIpc) is 2.03. The van der Waals surface area contributed by atoms with Gasteiger partial charge in [0.15, 0.2) is 0 Å². The molecule has 1 aromatic rings. The van der Waals surface area contributed by atoms with Crippen LogP contribution in [0.15, 0.2) is 18.2 Å². The number of hydrogen-bond acceptors (Lipinski definition) is 0. The van der Waals surface area contributed by atoms with Crippen molar-refractivity contribution in [2.24, 2.45) is 0 Å². The molecule has 0 nitrogen and oxygen atoms in total. The number of alkyl halides is 3. The first-order valence-electron chi connectivity index (χ1n) is 3.09. The van der Waals surface area contributed by atoms with Crippen LogP contribution in [-0.2, 0) is 6.18 Å². The molecule has 0 saturated carbocycles. The molecule has 61 valence electrons. The molecular formula is C9H4F3. The van der Waals surface area contributed by atoms with Gasteiger partial charge >= 0.3 is 6.18 Å². The summed E-state index contributed by atoms with van der Waals surface area (Å²) >= 11 is 0. The minimum absolute atomic E-state index is 0.392. The predicted molar refractivity (Wildman–Crippen MR) is 38.2 cm³/mol. The number of terminal acetylenes is 1. The smallest absolute Gasteiger partial charge is 0.166 e. The molecule has 3 heteroatoms. The van der Waals surface area contributed by atoms with Gasteiger partial charge in [-0.15, -0.1) is 6.42 Å². The first-order valence-corrected chi connectivity index (χ1v) is 3.09. The molecular weight excluding hydrogens is 165 g/mol. The zero-order valence-corrected chi connectivity index (χ0v) is 5.94. The molecule has 0 fully saturated rings. The number of hydrogen-bond donors (Lipinski definition) is 0. The summed E-state index contributed by atoms with van der Waals surface area (Å²) < 4.78 is 35.8. The first kappa shape index (κ1) is 8.66. The van der Waals surface area contributed by atoms with E-state index < -0.39 is 11.7 Å². The van der Waals surface area contributed by atoms with Gasteiger partial charge < -0.3 is 0 Å². The van der Waals surface area contributed by atoms with E-state index >= 15 is 0 Å². The van der Waals surface area contributed by atoms with Crippen molar-refractivity contribution in [3.8, 4) is 12.3 Å². The molecule has 1 rings (SSSR count). The second-order valence-electron chi connectivity index (χ2n) is 2.13. The summed E-state index contributed by atoms with van der Waals surface area (Å²) in [6, 6.07) is 5.35. The summed E-state index contributed by atoms with van der Waals surface area (Å²) in [6.07, 6.45) is 0.618. The molecule has 0 aliphatic carbocycles. The van der Waals surface area contributed by atoms with Gasteiger partial charge in [0.2, 0.25) is 0 Å². The lowest BCUT2D eigenvalue weighted by Crippen LogP contribution is -2.04. The van der Waals surface area contributed by atoms with Crippen molar-refractivity contribution in [3.05, 3.63) is 35.4 Å². The zero-order chi connectivity index (χ0) is 9.19. The highest BCUT2D eigenvalue weighted by atomic mass is 19.4. The molecule has 0 aliphatic heterocycles. The van der Waals surface area contributed by atoms with Crippen LogP contribution in [0.4, 0.5) is 13.2 Å². The van der Waals surface area contributed by atoms with Gasteiger partial charge in [0.1, 0.15) is 0 Å². The van der Waals surface area contributed by atoms with E-state index in [1.807, 2.05) is 0 Å². The van der Waals surface area contributed by atoms with Crippen LogP contribution < -0.4 is 0 Å². The Morgan fingerprint density at radius 1 is 1.33 bits per heavy atom. The van der Waals surface area contributed by atoms with E-state index in [-0.39, 0.29) is 0 Å². The molecule has 0 amide bonds. The van der Waals surface area contributed by atoms with Crippen molar-refractivity contribution in [2.45, 2.75) is 6.18 Å². The Labute approximate surface area is 68.0 Å². The Hall–Kier alpha value is -1.43. The second kappa shape index (κ2) is 2.90. The molecule has 12 heavy (non-hydrogen) atoms. The van der Waals surface area contributed by atoms with Gasteiger partial charge in [0.25, 0.3) is 0 Å². The number of benzene rings is 1. The summed E-state index contributed by atoms with van der Waals surface area (Å²) in [7, 11) is 0. The molecule has 0 aromatic heterocycles. The molecule has 0 aliphatic rings. The Morgan fingerprint density at radius 3 is 2.33 bits per heavy atom. The summed E-state index contributed by atoms with van der Waals surface area (Å²) in [6.45, 7) is 0. The molecule has 0 heterocycles. The van der Waals surface area contributed by atoms with Gasteiger partial charge in [-0.1, -0.05) is 5.92 Å². The molecule has 0 spiro atoms. The lowest BCUT2D eigenvalue weighted by molar-refractivity contribution is -0.137. The maximum atomic E-state index is 11.9. The molecule has 0 N–H and O–H groups in total. The van der Waals surface area contributed by atoms with Gasteiger partial charge in [-0.2, -0.15) is 13.2 Å². The predicted octanol–water partition coefficient (Wildman–Crippen LogP) is 2.49. The second-order valence-corrected chi connectivity index (χ2v) is 2.13. The lowest BCUT2D eigenvalue weighted by atomic mass is 10.1. The topological polar surface area (TPSA) is 0 Å². The van der Waals surface area contributed by atoms with E-state index in [4.69, 9.17) is 6.42 Å². The summed E-state index contributed by atoms with van der Waals surface area (Å²) in [5.74, 6) is 2.21. The minimum atomic E-state index is -4.34. The van der Waals surface area contributed by atoms with Crippen LogP contribution in [0.3, 0.4) is 0 Å². The Bertz CT molecular complexity index is 300. The quantitative estimate of drug-likeness (QED) is 0.523. The zero-order valence-electron chi connectivity index (χ0n) is 5.94. The third-order valence-electron chi connectivity index (χ3n) is 1.28. The fourth-order valence-electron chi connectivity index (χ4n) is 0.691. The van der Waals surface area contributed by atoms with Gasteiger partial charge in [0, 0.05) is 5.56 Å². The number of halogens is 3. The van der Waals surface area contributed by atoms with E-state index in [1.54, 1.807) is 0 Å². The largest absolute Gasteiger partial charge is 0.417 e. The van der Waals surface area contributed by atoms with Crippen molar-refractivity contribution >= 4 is 0 Å². The van der Waals surface area contributed by atoms with Crippen LogP contribution in [0, 0.1) is 18.4 Å². The van der Waals surface area contributed by atoms with Crippen molar-refractivity contribution in [2.75, 3.05) is 0 Å². The van der Waals surface area contributed by atoms with Crippen LogP contribution in [0.25, 0.3) is 0 Å². The van der Waals surface area contributed by atoms with Gasteiger partial charge in [-0.3, -0.25) is 0 Å². The van der Waals surface area contributed by atoms with Crippen LogP contribution >= 0.6 is 0 Å².